The predicted octanol–water partition coefficient (Wildman–Crippen LogP) is 1.71. The van der Waals surface area contributed by atoms with Crippen molar-refractivity contribution in [3.63, 3.8) is 0 Å². The standard InChI is InChI=1S/C19H31N5O2/c1-4-16(5-2)18(25)23-8-6-22(7-9-23)17-14-15(3)20-19(21-17)24-10-12-26-13-11-24/h14,16H,4-13H2,1-3H3. The van der Waals surface area contributed by atoms with Gasteiger partial charge in [0.15, 0.2) is 0 Å². The number of aromatic nitrogens is 2. The predicted molar refractivity (Wildman–Crippen MR) is 103 cm³/mol. The van der Waals surface area contributed by atoms with Crippen molar-refractivity contribution in [1.29, 1.82) is 0 Å². The summed E-state index contributed by atoms with van der Waals surface area (Å²) in [5, 5.41) is 0. The van der Waals surface area contributed by atoms with Crippen LogP contribution in [0.3, 0.4) is 0 Å². The van der Waals surface area contributed by atoms with Gasteiger partial charge in [-0.05, 0) is 19.8 Å². The third kappa shape index (κ3) is 4.26. The number of amides is 1. The summed E-state index contributed by atoms with van der Waals surface area (Å²) in [6, 6.07) is 2.04. The molecule has 2 aliphatic heterocycles. The second-order valence-electron chi connectivity index (χ2n) is 7.09. The minimum Gasteiger partial charge on any atom is -0.378 e. The van der Waals surface area contributed by atoms with Gasteiger partial charge in [-0.3, -0.25) is 4.79 Å². The molecular formula is C19H31N5O2. The number of nitrogens with zero attached hydrogens (tertiary/aromatic N) is 5. The van der Waals surface area contributed by atoms with Crippen molar-refractivity contribution in [3.8, 4) is 0 Å². The Morgan fingerprint density at radius 3 is 2.31 bits per heavy atom. The number of aryl methyl sites for hydroxylation is 1. The Bertz CT molecular complexity index is 606. The van der Waals surface area contributed by atoms with Crippen molar-refractivity contribution in [3.05, 3.63) is 11.8 Å². The van der Waals surface area contributed by atoms with Gasteiger partial charge < -0.3 is 19.4 Å². The zero-order valence-electron chi connectivity index (χ0n) is 16.3. The Kier molecular flexibility index (Phi) is 6.29. The second-order valence-corrected chi connectivity index (χ2v) is 7.09. The number of hydrogen-bond acceptors (Lipinski definition) is 6. The number of hydrogen-bond donors (Lipinski definition) is 0. The summed E-state index contributed by atoms with van der Waals surface area (Å²) in [4.78, 5) is 28.5. The number of rotatable bonds is 5. The lowest BCUT2D eigenvalue weighted by Crippen LogP contribution is -2.50. The molecule has 0 bridgehead atoms. The summed E-state index contributed by atoms with van der Waals surface area (Å²) in [6.07, 6.45) is 1.84. The molecule has 1 amide bonds. The lowest BCUT2D eigenvalue weighted by molar-refractivity contribution is -0.136. The van der Waals surface area contributed by atoms with Crippen LogP contribution in [0.4, 0.5) is 11.8 Å². The number of carbonyl (C=O) groups excluding carboxylic acids is 1. The number of anilines is 2. The van der Waals surface area contributed by atoms with Gasteiger partial charge in [-0.25, -0.2) is 4.98 Å². The Hall–Kier alpha value is -1.89. The molecule has 0 saturated carbocycles. The van der Waals surface area contributed by atoms with Gasteiger partial charge in [-0.1, -0.05) is 13.8 Å². The molecular weight excluding hydrogens is 330 g/mol. The highest BCUT2D eigenvalue weighted by Crippen LogP contribution is 2.21. The van der Waals surface area contributed by atoms with Crippen molar-refractivity contribution in [1.82, 2.24) is 14.9 Å². The Morgan fingerprint density at radius 2 is 1.69 bits per heavy atom. The summed E-state index contributed by atoms with van der Waals surface area (Å²) in [7, 11) is 0. The molecule has 7 nitrogen and oxygen atoms in total. The SMILES string of the molecule is CCC(CC)C(=O)N1CCN(c2cc(C)nc(N3CCOCC3)n2)CC1. The normalized spacial score (nSPS) is 18.5. The molecule has 7 heteroatoms. The van der Waals surface area contributed by atoms with Crippen LogP contribution in [0.15, 0.2) is 6.07 Å². The number of carbonyl (C=O) groups is 1. The number of ether oxygens (including phenoxy) is 1. The van der Waals surface area contributed by atoms with Crippen molar-refractivity contribution < 1.29 is 9.53 Å². The largest absolute Gasteiger partial charge is 0.378 e. The molecule has 2 fully saturated rings. The molecule has 26 heavy (non-hydrogen) atoms. The average molecular weight is 361 g/mol. The molecule has 0 spiro atoms. The molecule has 3 heterocycles. The molecule has 2 saturated heterocycles. The third-order valence-corrected chi connectivity index (χ3v) is 5.37. The fourth-order valence-corrected chi connectivity index (χ4v) is 3.66. The van der Waals surface area contributed by atoms with E-state index in [0.29, 0.717) is 5.91 Å². The van der Waals surface area contributed by atoms with E-state index in [9.17, 15) is 4.79 Å². The molecule has 1 aromatic heterocycles. The smallest absolute Gasteiger partial charge is 0.227 e. The van der Waals surface area contributed by atoms with Crippen LogP contribution >= 0.6 is 0 Å². The van der Waals surface area contributed by atoms with E-state index in [1.54, 1.807) is 0 Å². The van der Waals surface area contributed by atoms with Crippen LogP contribution in [0.25, 0.3) is 0 Å². The van der Waals surface area contributed by atoms with Gasteiger partial charge in [0.1, 0.15) is 5.82 Å². The minimum absolute atomic E-state index is 0.163. The van der Waals surface area contributed by atoms with Gasteiger partial charge >= 0.3 is 0 Å². The molecule has 0 atom stereocenters. The summed E-state index contributed by atoms with van der Waals surface area (Å²) >= 11 is 0. The van der Waals surface area contributed by atoms with Crippen molar-refractivity contribution >= 4 is 17.7 Å². The van der Waals surface area contributed by atoms with Gasteiger partial charge in [0.05, 0.1) is 13.2 Å². The van der Waals surface area contributed by atoms with Crippen LogP contribution in [0, 0.1) is 12.8 Å². The van der Waals surface area contributed by atoms with Gasteiger partial charge in [0, 0.05) is 56.9 Å². The monoisotopic (exact) mass is 361 g/mol. The van der Waals surface area contributed by atoms with E-state index in [1.807, 2.05) is 17.9 Å². The fourth-order valence-electron chi connectivity index (χ4n) is 3.66. The summed E-state index contributed by atoms with van der Waals surface area (Å²) < 4.78 is 5.42. The maximum atomic E-state index is 12.6. The first-order chi connectivity index (χ1) is 12.6. The van der Waals surface area contributed by atoms with Crippen LogP contribution in [0.2, 0.25) is 0 Å². The Balaban J connectivity index is 1.65. The Labute approximate surface area is 156 Å². The van der Waals surface area contributed by atoms with Crippen molar-refractivity contribution in [2.45, 2.75) is 33.6 Å². The van der Waals surface area contributed by atoms with Crippen LogP contribution in [-0.2, 0) is 9.53 Å². The van der Waals surface area contributed by atoms with E-state index < -0.39 is 0 Å². The molecule has 0 aromatic carbocycles. The van der Waals surface area contributed by atoms with Gasteiger partial charge in [-0.15, -0.1) is 0 Å². The highest BCUT2D eigenvalue weighted by molar-refractivity contribution is 5.79. The lowest BCUT2D eigenvalue weighted by atomic mass is 10.0. The van der Waals surface area contributed by atoms with E-state index in [0.717, 1.165) is 82.8 Å². The minimum atomic E-state index is 0.163. The van der Waals surface area contributed by atoms with Gasteiger partial charge in [0.25, 0.3) is 0 Å². The van der Waals surface area contributed by atoms with Crippen molar-refractivity contribution in [2.24, 2.45) is 5.92 Å². The fraction of sp³-hybridized carbons (Fsp3) is 0.737. The molecule has 144 valence electrons. The molecule has 1 aromatic rings. The van der Waals surface area contributed by atoms with Gasteiger partial charge in [-0.2, -0.15) is 4.98 Å². The number of morpholine rings is 1. The molecule has 0 aliphatic carbocycles. The van der Waals surface area contributed by atoms with Crippen LogP contribution in [-0.4, -0.2) is 73.3 Å². The zero-order valence-corrected chi connectivity index (χ0v) is 16.3. The summed E-state index contributed by atoms with van der Waals surface area (Å²) in [6.45, 7) is 12.5. The number of piperazine rings is 1. The summed E-state index contributed by atoms with van der Waals surface area (Å²) in [5.41, 5.74) is 0.979. The molecule has 0 radical (unpaired) electrons. The molecule has 3 rings (SSSR count). The van der Waals surface area contributed by atoms with Crippen LogP contribution < -0.4 is 9.80 Å². The van der Waals surface area contributed by atoms with Gasteiger partial charge in [0.2, 0.25) is 11.9 Å². The van der Waals surface area contributed by atoms with E-state index in [4.69, 9.17) is 9.72 Å². The first-order valence-electron chi connectivity index (χ1n) is 9.84. The van der Waals surface area contributed by atoms with E-state index >= 15 is 0 Å². The first kappa shape index (κ1) is 18.9. The summed E-state index contributed by atoms with van der Waals surface area (Å²) in [5.74, 6) is 2.23. The zero-order chi connectivity index (χ0) is 18.5. The third-order valence-electron chi connectivity index (χ3n) is 5.37. The highest BCUT2D eigenvalue weighted by Gasteiger charge is 2.26. The molecule has 0 unspecified atom stereocenters. The first-order valence-corrected chi connectivity index (χ1v) is 9.84. The quantitative estimate of drug-likeness (QED) is 0.796. The second kappa shape index (κ2) is 8.66. The Morgan fingerprint density at radius 1 is 1.04 bits per heavy atom. The lowest BCUT2D eigenvalue weighted by Gasteiger charge is -2.37. The van der Waals surface area contributed by atoms with Crippen LogP contribution in [0.1, 0.15) is 32.4 Å². The van der Waals surface area contributed by atoms with E-state index in [-0.39, 0.29) is 5.92 Å². The van der Waals surface area contributed by atoms with Crippen LogP contribution in [0.5, 0.6) is 0 Å². The van der Waals surface area contributed by atoms with Crippen molar-refractivity contribution in [2.75, 3.05) is 62.3 Å². The highest BCUT2D eigenvalue weighted by atomic mass is 16.5. The topological polar surface area (TPSA) is 61.8 Å². The van der Waals surface area contributed by atoms with E-state index in [2.05, 4.69) is 28.6 Å². The van der Waals surface area contributed by atoms with E-state index in [1.165, 1.54) is 0 Å². The maximum absolute atomic E-state index is 12.6. The maximum Gasteiger partial charge on any atom is 0.227 e. The molecule has 2 aliphatic rings. The molecule has 0 N–H and O–H groups in total. The average Bonchev–Trinajstić information content (AvgIpc) is 2.69.